The summed E-state index contributed by atoms with van der Waals surface area (Å²) in [5, 5.41) is 9.53. The molecule has 0 spiro atoms. The monoisotopic (exact) mass is 273 g/mol. The molecular formula is C14H27NO4. The number of hydrogen-bond donors (Lipinski definition) is 0. The van der Waals surface area contributed by atoms with E-state index in [1.807, 2.05) is 0 Å². The Kier molecular flexibility index (Phi) is 4.82. The van der Waals surface area contributed by atoms with E-state index in [1.54, 1.807) is 0 Å². The van der Waals surface area contributed by atoms with Gasteiger partial charge in [0.15, 0.2) is 0 Å². The van der Waals surface area contributed by atoms with Gasteiger partial charge in [-0.1, -0.05) is 41.5 Å². The molecule has 5 nitrogen and oxygen atoms in total. The minimum Gasteiger partial charge on any atom is -0.372 e. The van der Waals surface area contributed by atoms with Gasteiger partial charge >= 0.3 is 0 Å². The molecule has 5 heteroatoms. The molecule has 3 atom stereocenters. The summed E-state index contributed by atoms with van der Waals surface area (Å²) in [6, 6.07) is 0. The van der Waals surface area contributed by atoms with Crippen LogP contribution in [-0.4, -0.2) is 23.9 Å². The van der Waals surface area contributed by atoms with Crippen molar-refractivity contribution in [3.8, 4) is 0 Å². The Labute approximate surface area is 115 Å². The topological polar surface area (TPSA) is 61.6 Å². The van der Waals surface area contributed by atoms with E-state index in [0.29, 0.717) is 5.92 Å². The van der Waals surface area contributed by atoms with Gasteiger partial charge in [0, 0.05) is 0 Å². The van der Waals surface area contributed by atoms with Crippen molar-refractivity contribution in [1.29, 1.82) is 0 Å². The predicted octanol–water partition coefficient (Wildman–Crippen LogP) is 3.45. The molecule has 1 aliphatic heterocycles. The largest absolute Gasteiger partial charge is 0.372 e. The van der Waals surface area contributed by atoms with Crippen molar-refractivity contribution in [2.45, 2.75) is 66.6 Å². The normalized spacial score (nSPS) is 29.1. The Balaban J connectivity index is 2.74. The van der Waals surface area contributed by atoms with Crippen LogP contribution in [0.1, 0.15) is 54.4 Å². The third-order valence-electron chi connectivity index (χ3n) is 3.84. The fraction of sp³-hybridized carbons (Fsp3) is 1.00. The van der Waals surface area contributed by atoms with Crippen LogP contribution in [-0.2, 0) is 9.57 Å². The molecule has 112 valence electrons. The molecular weight excluding hydrogens is 246 g/mol. The van der Waals surface area contributed by atoms with Gasteiger partial charge in [0.05, 0.1) is 12.2 Å². The summed E-state index contributed by atoms with van der Waals surface area (Å²) in [6.45, 7) is 13.2. The molecule has 1 aliphatic rings. The second-order valence-corrected chi connectivity index (χ2v) is 7.61. The van der Waals surface area contributed by atoms with E-state index in [0.717, 1.165) is 12.8 Å². The number of rotatable bonds is 3. The van der Waals surface area contributed by atoms with E-state index in [2.05, 4.69) is 46.4 Å². The van der Waals surface area contributed by atoms with Crippen molar-refractivity contribution in [2.24, 2.45) is 16.7 Å². The van der Waals surface area contributed by atoms with Gasteiger partial charge in [-0.3, -0.25) is 0 Å². The molecule has 3 unspecified atom stereocenters. The summed E-state index contributed by atoms with van der Waals surface area (Å²) in [4.78, 5) is 14.7. The molecule has 0 aliphatic carbocycles. The first-order chi connectivity index (χ1) is 8.51. The van der Waals surface area contributed by atoms with Crippen LogP contribution in [0.4, 0.5) is 0 Å². The van der Waals surface area contributed by atoms with Crippen LogP contribution < -0.4 is 0 Å². The summed E-state index contributed by atoms with van der Waals surface area (Å²) in [7, 11) is 0. The Morgan fingerprint density at radius 2 is 1.74 bits per heavy atom. The molecule has 0 bridgehead atoms. The molecule has 1 saturated heterocycles. The van der Waals surface area contributed by atoms with Gasteiger partial charge in [0.25, 0.3) is 5.09 Å². The Morgan fingerprint density at radius 3 is 2.16 bits per heavy atom. The average molecular weight is 273 g/mol. The minimum absolute atomic E-state index is 0.0191. The van der Waals surface area contributed by atoms with Crippen LogP contribution >= 0.6 is 0 Å². The van der Waals surface area contributed by atoms with Crippen molar-refractivity contribution in [1.82, 2.24) is 0 Å². The lowest BCUT2D eigenvalue weighted by Crippen LogP contribution is -2.49. The van der Waals surface area contributed by atoms with Crippen LogP contribution in [0, 0.1) is 26.9 Å². The first-order valence-corrected chi connectivity index (χ1v) is 6.94. The highest BCUT2D eigenvalue weighted by Crippen LogP contribution is 2.44. The maximum atomic E-state index is 10.3. The second-order valence-electron chi connectivity index (χ2n) is 7.61. The Hall–Kier alpha value is -0.840. The maximum Gasteiger partial charge on any atom is 0.294 e. The quantitative estimate of drug-likeness (QED) is 0.583. The summed E-state index contributed by atoms with van der Waals surface area (Å²) in [6.07, 6.45) is 1.77. The molecule has 0 aromatic heterocycles. The molecule has 0 radical (unpaired) electrons. The fourth-order valence-electron chi connectivity index (χ4n) is 2.85. The SMILES string of the molecule is CC(C)(C)C1CCC(CO[N+](=O)[O-])OC1C(C)(C)C. The zero-order valence-corrected chi connectivity index (χ0v) is 12.9. The van der Waals surface area contributed by atoms with Gasteiger partial charge in [0.2, 0.25) is 0 Å². The molecule has 0 saturated carbocycles. The minimum atomic E-state index is -0.745. The highest BCUT2D eigenvalue weighted by Gasteiger charge is 2.43. The van der Waals surface area contributed by atoms with Crippen molar-refractivity contribution in [3.05, 3.63) is 10.1 Å². The van der Waals surface area contributed by atoms with Gasteiger partial charge in [-0.25, -0.2) is 0 Å². The van der Waals surface area contributed by atoms with Gasteiger partial charge in [-0.2, -0.15) is 0 Å². The van der Waals surface area contributed by atoms with Crippen LogP contribution in [0.5, 0.6) is 0 Å². The first kappa shape index (κ1) is 16.2. The van der Waals surface area contributed by atoms with Gasteiger partial charge < -0.3 is 9.57 Å². The summed E-state index contributed by atoms with van der Waals surface area (Å²) < 4.78 is 6.11. The Morgan fingerprint density at radius 1 is 1.16 bits per heavy atom. The molecule has 0 aromatic rings. The van der Waals surface area contributed by atoms with E-state index in [-0.39, 0.29) is 29.6 Å². The smallest absolute Gasteiger partial charge is 0.294 e. The van der Waals surface area contributed by atoms with E-state index >= 15 is 0 Å². The van der Waals surface area contributed by atoms with Crippen LogP contribution in [0.2, 0.25) is 0 Å². The average Bonchev–Trinajstić information content (AvgIpc) is 2.23. The van der Waals surface area contributed by atoms with Crippen molar-refractivity contribution in [3.63, 3.8) is 0 Å². The van der Waals surface area contributed by atoms with Crippen molar-refractivity contribution < 1.29 is 14.7 Å². The molecule has 0 N–H and O–H groups in total. The van der Waals surface area contributed by atoms with Gasteiger partial charge in [0.1, 0.15) is 6.61 Å². The molecule has 1 heterocycles. The van der Waals surface area contributed by atoms with Gasteiger partial charge in [-0.05, 0) is 29.6 Å². The van der Waals surface area contributed by atoms with Crippen molar-refractivity contribution in [2.75, 3.05) is 6.61 Å². The Bertz CT molecular complexity index is 316. The predicted molar refractivity (Wildman–Crippen MR) is 73.2 cm³/mol. The molecule has 0 amide bonds. The standard InChI is InChI=1S/C14H27NO4/c1-13(2,3)11-8-7-10(9-18-15(16)17)19-12(11)14(4,5)6/h10-12H,7-9H2,1-6H3. The summed E-state index contributed by atoms with van der Waals surface area (Å²) in [5.41, 5.74) is 0.193. The molecule has 0 aromatic carbocycles. The lowest BCUT2D eigenvalue weighted by atomic mass is 9.66. The van der Waals surface area contributed by atoms with Gasteiger partial charge in [-0.15, -0.1) is 10.1 Å². The van der Waals surface area contributed by atoms with Crippen molar-refractivity contribution >= 4 is 0 Å². The first-order valence-electron chi connectivity index (χ1n) is 6.94. The van der Waals surface area contributed by atoms with E-state index in [1.165, 1.54) is 0 Å². The van der Waals surface area contributed by atoms with Crippen LogP contribution in [0.3, 0.4) is 0 Å². The maximum absolute atomic E-state index is 10.3. The lowest BCUT2D eigenvalue weighted by molar-refractivity contribution is -0.759. The third-order valence-corrected chi connectivity index (χ3v) is 3.84. The zero-order valence-electron chi connectivity index (χ0n) is 12.9. The van der Waals surface area contributed by atoms with E-state index in [4.69, 9.17) is 4.74 Å². The number of ether oxygens (including phenoxy) is 1. The molecule has 19 heavy (non-hydrogen) atoms. The summed E-state index contributed by atoms with van der Waals surface area (Å²) in [5.74, 6) is 0.458. The lowest BCUT2D eigenvalue weighted by Gasteiger charge is -2.48. The number of hydrogen-bond acceptors (Lipinski definition) is 4. The number of nitrogens with zero attached hydrogens (tertiary/aromatic N) is 1. The zero-order chi connectivity index (χ0) is 14.8. The summed E-state index contributed by atoms with van der Waals surface area (Å²) >= 11 is 0. The molecule has 1 rings (SSSR count). The second kappa shape index (κ2) is 5.65. The van der Waals surface area contributed by atoms with E-state index in [9.17, 15) is 10.1 Å². The highest BCUT2D eigenvalue weighted by molar-refractivity contribution is 4.92. The fourth-order valence-corrected chi connectivity index (χ4v) is 2.85. The highest BCUT2D eigenvalue weighted by atomic mass is 17.0. The molecule has 1 fully saturated rings. The van der Waals surface area contributed by atoms with Crippen LogP contribution in [0.25, 0.3) is 0 Å². The van der Waals surface area contributed by atoms with Crippen LogP contribution in [0.15, 0.2) is 0 Å². The third kappa shape index (κ3) is 4.64. The van der Waals surface area contributed by atoms with E-state index < -0.39 is 5.09 Å².